The van der Waals surface area contributed by atoms with Crippen molar-refractivity contribution in [1.29, 1.82) is 0 Å². The van der Waals surface area contributed by atoms with Gasteiger partial charge in [0.1, 0.15) is 5.82 Å². The van der Waals surface area contributed by atoms with Crippen molar-refractivity contribution in [2.24, 2.45) is 0 Å². The average Bonchev–Trinajstić information content (AvgIpc) is 2.86. The largest absolute Gasteiger partial charge is 0.323 e. The van der Waals surface area contributed by atoms with Gasteiger partial charge in [0.25, 0.3) is 0 Å². The molecule has 0 aliphatic heterocycles. The smallest absolute Gasteiger partial charge is 0.306 e. The summed E-state index contributed by atoms with van der Waals surface area (Å²) in [7, 11) is -3.86. The molecule has 0 bridgehead atoms. The number of hydrogen-bond acceptors (Lipinski definition) is 3. The number of sulfonamides is 1. The third kappa shape index (κ3) is 3.03. The molecular weight excluding hydrogens is 321 g/mol. The third-order valence-corrected chi connectivity index (χ3v) is 5.04. The fourth-order valence-electron chi connectivity index (χ4n) is 2.37. The Labute approximate surface area is 131 Å². The number of halogens is 1. The Morgan fingerprint density at radius 2 is 1.78 bits per heavy atom. The minimum atomic E-state index is -3.86. The van der Waals surface area contributed by atoms with Gasteiger partial charge in [-0.15, -0.1) is 0 Å². The van der Waals surface area contributed by atoms with Gasteiger partial charge < -0.3 is 9.97 Å². The van der Waals surface area contributed by atoms with Crippen LogP contribution in [0.3, 0.4) is 0 Å². The lowest BCUT2D eigenvalue weighted by molar-refractivity contribution is 0.550. The van der Waals surface area contributed by atoms with Crippen molar-refractivity contribution in [2.45, 2.75) is 17.9 Å². The first-order valence-corrected chi connectivity index (χ1v) is 8.34. The standard InChI is InChI=1S/C15H14FN3O3S/c1-9(11-4-2-3-5-12(11)16)19-23(21,22)10-6-7-13-14(8-10)18-15(20)17-13/h2-9,19H,1H3,(H2,17,18,20)/t9-/m1/s1. The Morgan fingerprint density at radius 3 is 2.52 bits per heavy atom. The van der Waals surface area contributed by atoms with Gasteiger partial charge in [-0.05, 0) is 31.2 Å². The van der Waals surface area contributed by atoms with Crippen molar-refractivity contribution < 1.29 is 12.8 Å². The molecule has 3 rings (SSSR count). The van der Waals surface area contributed by atoms with Gasteiger partial charge in [0.2, 0.25) is 10.0 Å². The summed E-state index contributed by atoms with van der Waals surface area (Å²) in [5.74, 6) is -0.479. The topological polar surface area (TPSA) is 94.8 Å². The van der Waals surface area contributed by atoms with Gasteiger partial charge in [-0.3, -0.25) is 0 Å². The first-order chi connectivity index (χ1) is 10.9. The highest BCUT2D eigenvalue weighted by molar-refractivity contribution is 7.89. The summed E-state index contributed by atoms with van der Waals surface area (Å²) in [5.41, 5.74) is 0.738. The first kappa shape index (κ1) is 15.4. The van der Waals surface area contributed by atoms with Crippen LogP contribution in [0.15, 0.2) is 52.2 Å². The molecule has 23 heavy (non-hydrogen) atoms. The lowest BCUT2D eigenvalue weighted by Gasteiger charge is -2.15. The molecule has 0 radical (unpaired) electrons. The fourth-order valence-corrected chi connectivity index (χ4v) is 3.62. The molecule has 0 fully saturated rings. The number of hydrogen-bond donors (Lipinski definition) is 3. The molecular formula is C15H14FN3O3S. The SMILES string of the molecule is C[C@@H](NS(=O)(=O)c1ccc2[nH]c(=O)[nH]c2c1)c1ccccc1F. The van der Waals surface area contributed by atoms with Gasteiger partial charge in [-0.25, -0.2) is 22.3 Å². The van der Waals surface area contributed by atoms with E-state index in [1.54, 1.807) is 13.0 Å². The summed E-state index contributed by atoms with van der Waals surface area (Å²) in [4.78, 5) is 16.3. The van der Waals surface area contributed by atoms with Crippen molar-refractivity contribution >= 4 is 21.1 Å². The normalized spacial score (nSPS) is 13.3. The molecule has 1 heterocycles. The Bertz CT molecular complexity index is 1020. The van der Waals surface area contributed by atoms with Crippen molar-refractivity contribution in [2.75, 3.05) is 0 Å². The lowest BCUT2D eigenvalue weighted by Crippen LogP contribution is -2.27. The highest BCUT2D eigenvalue weighted by Crippen LogP contribution is 2.20. The average molecular weight is 335 g/mol. The number of benzene rings is 2. The number of fused-ring (bicyclic) bond motifs is 1. The number of rotatable bonds is 4. The van der Waals surface area contributed by atoms with E-state index in [0.29, 0.717) is 11.0 Å². The Morgan fingerprint density at radius 1 is 1.09 bits per heavy atom. The summed E-state index contributed by atoms with van der Waals surface area (Å²) in [6, 6.07) is 9.46. The maximum atomic E-state index is 13.8. The summed E-state index contributed by atoms with van der Waals surface area (Å²) < 4.78 is 41.1. The van der Waals surface area contributed by atoms with Crippen LogP contribution in [0.4, 0.5) is 4.39 Å². The lowest BCUT2D eigenvalue weighted by atomic mass is 10.1. The minimum absolute atomic E-state index is 0.0107. The highest BCUT2D eigenvalue weighted by Gasteiger charge is 2.20. The zero-order chi connectivity index (χ0) is 16.6. The van der Waals surface area contributed by atoms with E-state index in [1.165, 1.54) is 36.4 Å². The molecule has 1 aromatic heterocycles. The second kappa shape index (κ2) is 5.64. The van der Waals surface area contributed by atoms with Crippen LogP contribution in [0.2, 0.25) is 0 Å². The van der Waals surface area contributed by atoms with Crippen LogP contribution in [-0.2, 0) is 10.0 Å². The second-order valence-corrected chi connectivity index (χ2v) is 6.86. The molecule has 0 saturated carbocycles. The summed E-state index contributed by atoms with van der Waals surface area (Å²) in [6.45, 7) is 1.56. The summed E-state index contributed by atoms with van der Waals surface area (Å²) >= 11 is 0. The highest BCUT2D eigenvalue weighted by atomic mass is 32.2. The van der Waals surface area contributed by atoms with Gasteiger partial charge in [-0.2, -0.15) is 0 Å². The van der Waals surface area contributed by atoms with Gasteiger partial charge in [0, 0.05) is 11.6 Å². The number of H-pyrrole nitrogens is 2. The Balaban J connectivity index is 1.93. The number of imidazole rings is 1. The van der Waals surface area contributed by atoms with Crippen molar-refractivity contribution in [3.05, 3.63) is 64.3 Å². The predicted molar refractivity (Wildman–Crippen MR) is 84.1 cm³/mol. The van der Waals surface area contributed by atoms with E-state index in [9.17, 15) is 17.6 Å². The molecule has 1 atom stereocenters. The third-order valence-electron chi connectivity index (χ3n) is 3.50. The Hall–Kier alpha value is -2.45. The molecule has 120 valence electrons. The monoisotopic (exact) mass is 335 g/mol. The van der Waals surface area contributed by atoms with Gasteiger partial charge in [-0.1, -0.05) is 18.2 Å². The van der Waals surface area contributed by atoms with Crippen LogP contribution < -0.4 is 10.4 Å². The van der Waals surface area contributed by atoms with E-state index >= 15 is 0 Å². The Kier molecular flexibility index (Phi) is 3.78. The van der Waals surface area contributed by atoms with Gasteiger partial charge >= 0.3 is 5.69 Å². The van der Waals surface area contributed by atoms with E-state index in [2.05, 4.69) is 14.7 Å². The van der Waals surface area contributed by atoms with Crippen molar-refractivity contribution in [1.82, 2.24) is 14.7 Å². The molecule has 0 aliphatic carbocycles. The van der Waals surface area contributed by atoms with Crippen LogP contribution in [0.5, 0.6) is 0 Å². The van der Waals surface area contributed by atoms with Crippen LogP contribution in [0.1, 0.15) is 18.5 Å². The molecule has 0 saturated heterocycles. The van der Waals surface area contributed by atoms with Crippen LogP contribution in [-0.4, -0.2) is 18.4 Å². The van der Waals surface area contributed by atoms with E-state index in [1.807, 2.05) is 0 Å². The van der Waals surface area contributed by atoms with Gasteiger partial charge in [0.05, 0.1) is 15.9 Å². The number of aromatic nitrogens is 2. The maximum absolute atomic E-state index is 13.8. The zero-order valence-electron chi connectivity index (χ0n) is 12.1. The summed E-state index contributed by atoms with van der Waals surface area (Å²) in [6.07, 6.45) is 0. The molecule has 8 heteroatoms. The molecule has 0 unspecified atom stereocenters. The van der Waals surface area contributed by atoms with Gasteiger partial charge in [0.15, 0.2) is 0 Å². The minimum Gasteiger partial charge on any atom is -0.306 e. The van der Waals surface area contributed by atoms with Crippen LogP contribution >= 0.6 is 0 Å². The van der Waals surface area contributed by atoms with Crippen LogP contribution in [0.25, 0.3) is 11.0 Å². The van der Waals surface area contributed by atoms with Crippen LogP contribution in [0, 0.1) is 5.82 Å². The quantitative estimate of drug-likeness (QED) is 0.681. The number of nitrogens with one attached hydrogen (secondary N) is 3. The van der Waals surface area contributed by atoms with E-state index in [0.717, 1.165) is 0 Å². The molecule has 2 aromatic carbocycles. The molecule has 3 N–H and O–H groups in total. The molecule has 6 nitrogen and oxygen atoms in total. The van der Waals surface area contributed by atoms with Crippen molar-refractivity contribution in [3.8, 4) is 0 Å². The maximum Gasteiger partial charge on any atom is 0.323 e. The molecule has 0 aliphatic rings. The van der Waals surface area contributed by atoms with E-state index in [-0.39, 0.29) is 10.5 Å². The zero-order valence-corrected chi connectivity index (χ0v) is 12.9. The second-order valence-electron chi connectivity index (χ2n) is 5.15. The van der Waals surface area contributed by atoms with Crippen molar-refractivity contribution in [3.63, 3.8) is 0 Å². The van der Waals surface area contributed by atoms with E-state index in [4.69, 9.17) is 0 Å². The predicted octanol–water partition coefficient (Wildman–Crippen LogP) is 2.03. The fraction of sp³-hybridized carbons (Fsp3) is 0.133. The van der Waals surface area contributed by atoms with E-state index < -0.39 is 27.6 Å². The number of aromatic amines is 2. The summed E-state index contributed by atoms with van der Waals surface area (Å²) in [5, 5.41) is 0. The first-order valence-electron chi connectivity index (χ1n) is 6.85. The molecule has 0 spiro atoms. The molecule has 0 amide bonds. The molecule has 3 aromatic rings.